The number of methoxy groups -OCH3 is 1. The molecule has 3 aromatic rings. The summed E-state index contributed by atoms with van der Waals surface area (Å²) < 4.78 is 6.13. The van der Waals surface area contributed by atoms with Gasteiger partial charge in [0.05, 0.1) is 28.6 Å². The smallest absolute Gasteiger partial charge is 0.329 e. The third-order valence-corrected chi connectivity index (χ3v) is 5.50. The molecule has 0 bridgehead atoms. The predicted octanol–water partition coefficient (Wildman–Crippen LogP) is 3.68. The molecule has 0 saturated heterocycles. The minimum absolute atomic E-state index is 0.191. The number of aryl methyl sites for hydroxylation is 1. The number of ether oxygens (including phenoxy) is 1. The maximum absolute atomic E-state index is 12.8. The van der Waals surface area contributed by atoms with E-state index in [-0.39, 0.29) is 18.7 Å². The molecule has 1 aromatic carbocycles. The van der Waals surface area contributed by atoms with Gasteiger partial charge in [-0.25, -0.2) is 4.79 Å². The van der Waals surface area contributed by atoms with Gasteiger partial charge in [-0.3, -0.25) is 14.3 Å². The fourth-order valence-corrected chi connectivity index (χ4v) is 3.97. The van der Waals surface area contributed by atoms with Gasteiger partial charge in [0.2, 0.25) is 0 Å². The molecule has 24 heavy (non-hydrogen) atoms. The minimum atomic E-state index is -0.438. The number of nitrogens with zero attached hydrogens (tertiary/aromatic N) is 1. The molecule has 0 radical (unpaired) electrons. The van der Waals surface area contributed by atoms with Crippen LogP contribution >= 0.6 is 34.5 Å². The summed E-state index contributed by atoms with van der Waals surface area (Å²) in [5.74, 6) is 0. The number of hydrogen-bond donors (Lipinski definition) is 1. The van der Waals surface area contributed by atoms with E-state index in [1.165, 1.54) is 18.4 Å². The molecule has 0 saturated carbocycles. The van der Waals surface area contributed by atoms with E-state index < -0.39 is 5.69 Å². The van der Waals surface area contributed by atoms with Gasteiger partial charge in [-0.05, 0) is 24.6 Å². The molecular formula is C16H14Cl2N2O3S. The Bertz CT molecular complexity index is 1040. The molecule has 0 amide bonds. The van der Waals surface area contributed by atoms with E-state index in [0.717, 1.165) is 20.6 Å². The summed E-state index contributed by atoms with van der Waals surface area (Å²) in [4.78, 5) is 29.2. The summed E-state index contributed by atoms with van der Waals surface area (Å²) >= 11 is 13.5. The van der Waals surface area contributed by atoms with Crippen LogP contribution in [0.25, 0.3) is 21.3 Å². The van der Waals surface area contributed by atoms with E-state index in [0.29, 0.717) is 20.3 Å². The molecule has 3 rings (SSSR count). The van der Waals surface area contributed by atoms with Crippen molar-refractivity contribution in [2.24, 2.45) is 0 Å². The van der Waals surface area contributed by atoms with Crippen LogP contribution in [0.4, 0.5) is 0 Å². The molecule has 5 nitrogen and oxygen atoms in total. The van der Waals surface area contributed by atoms with Gasteiger partial charge in [0.15, 0.2) is 0 Å². The van der Waals surface area contributed by atoms with Crippen LogP contribution < -0.4 is 11.2 Å². The first-order valence-electron chi connectivity index (χ1n) is 7.14. The van der Waals surface area contributed by atoms with Crippen molar-refractivity contribution in [2.45, 2.75) is 13.5 Å². The van der Waals surface area contributed by atoms with E-state index >= 15 is 0 Å². The third-order valence-electron chi connectivity index (χ3n) is 3.74. The summed E-state index contributed by atoms with van der Waals surface area (Å²) in [6, 6.07) is 5.23. The van der Waals surface area contributed by atoms with Crippen LogP contribution in [0.3, 0.4) is 0 Å². The largest absolute Gasteiger partial charge is 0.383 e. The number of rotatable bonds is 4. The van der Waals surface area contributed by atoms with Crippen molar-refractivity contribution >= 4 is 44.8 Å². The fourth-order valence-electron chi connectivity index (χ4n) is 2.61. The van der Waals surface area contributed by atoms with Crippen molar-refractivity contribution in [2.75, 3.05) is 13.7 Å². The molecule has 0 fully saturated rings. The highest BCUT2D eigenvalue weighted by Crippen LogP contribution is 2.37. The molecule has 0 aliphatic carbocycles. The number of halogens is 2. The van der Waals surface area contributed by atoms with Gasteiger partial charge < -0.3 is 4.74 Å². The highest BCUT2D eigenvalue weighted by molar-refractivity contribution is 7.19. The van der Waals surface area contributed by atoms with E-state index in [1.54, 1.807) is 12.1 Å². The standard InChI is InChI=1S/C16H14Cl2N2O3S/c1-8-12(9-3-4-10(17)11(18)7-9)13-14(24-8)19-16(22)20(15(13)21)5-6-23-2/h3-4,7H,5-6H2,1-2H3,(H,19,22). The molecule has 0 unspecified atom stereocenters. The van der Waals surface area contributed by atoms with Crippen LogP contribution in [-0.2, 0) is 11.3 Å². The summed E-state index contributed by atoms with van der Waals surface area (Å²) in [5.41, 5.74) is 0.777. The Morgan fingerprint density at radius 3 is 2.67 bits per heavy atom. The lowest BCUT2D eigenvalue weighted by atomic mass is 10.0. The maximum Gasteiger partial charge on any atom is 0.329 e. The molecule has 126 valence electrons. The van der Waals surface area contributed by atoms with Crippen molar-refractivity contribution in [3.05, 3.63) is 54.0 Å². The number of thiophene rings is 1. The number of hydrogen-bond acceptors (Lipinski definition) is 4. The first kappa shape index (κ1) is 17.2. The van der Waals surface area contributed by atoms with E-state index in [9.17, 15) is 9.59 Å². The number of aromatic nitrogens is 2. The highest BCUT2D eigenvalue weighted by Gasteiger charge is 2.18. The second-order valence-electron chi connectivity index (χ2n) is 5.25. The lowest BCUT2D eigenvalue weighted by Gasteiger charge is -2.06. The van der Waals surface area contributed by atoms with Gasteiger partial charge in [0.25, 0.3) is 5.56 Å². The molecule has 0 aliphatic rings. The summed E-state index contributed by atoms with van der Waals surface area (Å²) in [6.07, 6.45) is 0. The van der Waals surface area contributed by atoms with Crippen molar-refractivity contribution in [1.29, 1.82) is 0 Å². The topological polar surface area (TPSA) is 64.1 Å². The van der Waals surface area contributed by atoms with Crippen LogP contribution in [0.5, 0.6) is 0 Å². The molecule has 2 aromatic heterocycles. The zero-order valence-electron chi connectivity index (χ0n) is 13.0. The molecule has 2 heterocycles. The second-order valence-corrected chi connectivity index (χ2v) is 7.29. The van der Waals surface area contributed by atoms with Crippen LogP contribution in [-0.4, -0.2) is 23.3 Å². The van der Waals surface area contributed by atoms with Crippen molar-refractivity contribution < 1.29 is 4.74 Å². The van der Waals surface area contributed by atoms with Gasteiger partial charge in [0.1, 0.15) is 4.83 Å². The van der Waals surface area contributed by atoms with Gasteiger partial charge in [-0.2, -0.15) is 0 Å². The maximum atomic E-state index is 12.8. The molecule has 8 heteroatoms. The van der Waals surface area contributed by atoms with Crippen LogP contribution in [0.2, 0.25) is 10.0 Å². The number of H-pyrrole nitrogens is 1. The first-order chi connectivity index (χ1) is 11.4. The molecule has 1 N–H and O–H groups in total. The van der Waals surface area contributed by atoms with Gasteiger partial charge in [0, 0.05) is 17.6 Å². The fraction of sp³-hybridized carbons (Fsp3) is 0.250. The quantitative estimate of drug-likeness (QED) is 0.745. The predicted molar refractivity (Wildman–Crippen MR) is 98.8 cm³/mol. The number of fused-ring (bicyclic) bond motifs is 1. The Hall–Kier alpha value is -1.60. The van der Waals surface area contributed by atoms with Gasteiger partial charge in [-0.15, -0.1) is 11.3 Å². The van der Waals surface area contributed by atoms with E-state index in [1.807, 2.05) is 13.0 Å². The van der Waals surface area contributed by atoms with Gasteiger partial charge in [-0.1, -0.05) is 29.3 Å². The second kappa shape index (κ2) is 6.72. The van der Waals surface area contributed by atoms with E-state index in [4.69, 9.17) is 27.9 Å². The highest BCUT2D eigenvalue weighted by atomic mass is 35.5. The average molecular weight is 385 g/mol. The van der Waals surface area contributed by atoms with Crippen molar-refractivity contribution in [3.8, 4) is 11.1 Å². The van der Waals surface area contributed by atoms with Crippen LogP contribution in [0, 0.1) is 6.92 Å². The molecule has 0 spiro atoms. The summed E-state index contributed by atoms with van der Waals surface area (Å²) in [6.45, 7) is 2.37. The minimum Gasteiger partial charge on any atom is -0.383 e. The van der Waals surface area contributed by atoms with E-state index in [2.05, 4.69) is 4.98 Å². The Balaban J connectivity index is 2.32. The lowest BCUT2D eigenvalue weighted by molar-refractivity contribution is 0.185. The monoisotopic (exact) mass is 384 g/mol. The summed E-state index contributed by atoms with van der Waals surface area (Å²) in [5, 5.41) is 1.34. The zero-order chi connectivity index (χ0) is 17.4. The normalized spacial score (nSPS) is 11.3. The van der Waals surface area contributed by atoms with Crippen molar-refractivity contribution in [1.82, 2.24) is 9.55 Å². The van der Waals surface area contributed by atoms with Crippen molar-refractivity contribution in [3.63, 3.8) is 0 Å². The lowest BCUT2D eigenvalue weighted by Crippen LogP contribution is -2.35. The van der Waals surface area contributed by atoms with Crippen LogP contribution in [0.1, 0.15) is 4.88 Å². The Morgan fingerprint density at radius 1 is 1.25 bits per heavy atom. The third kappa shape index (κ3) is 2.91. The Kier molecular flexibility index (Phi) is 4.83. The average Bonchev–Trinajstić information content (AvgIpc) is 2.86. The number of nitrogens with one attached hydrogen (secondary N) is 1. The Labute approximate surface area is 151 Å². The van der Waals surface area contributed by atoms with Gasteiger partial charge >= 0.3 is 5.69 Å². The molecule has 0 atom stereocenters. The Morgan fingerprint density at radius 2 is 2.00 bits per heavy atom. The number of aromatic amines is 1. The molecular weight excluding hydrogens is 371 g/mol. The first-order valence-corrected chi connectivity index (χ1v) is 8.72. The van der Waals surface area contributed by atoms with Crippen LogP contribution in [0.15, 0.2) is 27.8 Å². The SMILES string of the molecule is COCCn1c(=O)[nH]c2sc(C)c(-c3ccc(Cl)c(Cl)c3)c2c1=O. The number of benzene rings is 1. The summed E-state index contributed by atoms with van der Waals surface area (Å²) in [7, 11) is 1.52. The molecule has 0 aliphatic heterocycles. The zero-order valence-corrected chi connectivity index (χ0v) is 15.3.